The largest absolute Gasteiger partial charge is 0.324 e. The van der Waals surface area contributed by atoms with Crippen LogP contribution < -0.4 is 5.32 Å². The van der Waals surface area contributed by atoms with E-state index in [1.165, 1.54) is 6.33 Å². The fraction of sp³-hybridized carbons (Fsp3) is 0.182. The fourth-order valence-corrected chi connectivity index (χ4v) is 0.928. The van der Waals surface area contributed by atoms with Gasteiger partial charge in [0.1, 0.15) is 12.2 Å². The Hall–Kier alpha value is -1.97. The lowest BCUT2D eigenvalue weighted by atomic mass is 10.3. The van der Waals surface area contributed by atoms with Gasteiger partial charge in [0.15, 0.2) is 0 Å². The van der Waals surface area contributed by atoms with Crippen molar-refractivity contribution in [3.05, 3.63) is 48.7 Å². The maximum absolute atomic E-state index is 4.12. The molecule has 0 aromatic carbocycles. The first-order chi connectivity index (χ1) is 7.26. The summed E-state index contributed by atoms with van der Waals surface area (Å²) in [6, 6.07) is 0. The number of hydrogen-bond donors (Lipinski definition) is 1. The summed E-state index contributed by atoms with van der Waals surface area (Å²) in [4.78, 5) is 12.0. The van der Waals surface area contributed by atoms with Crippen molar-refractivity contribution in [2.24, 2.45) is 0 Å². The Balaban J connectivity index is 2.79. The molecule has 4 nitrogen and oxygen atoms in total. The van der Waals surface area contributed by atoms with Crippen molar-refractivity contribution in [3.8, 4) is 0 Å². The zero-order valence-electron chi connectivity index (χ0n) is 8.94. The van der Waals surface area contributed by atoms with Gasteiger partial charge < -0.3 is 5.32 Å². The van der Waals surface area contributed by atoms with Crippen molar-refractivity contribution in [3.63, 3.8) is 0 Å². The van der Waals surface area contributed by atoms with E-state index in [-0.39, 0.29) is 0 Å². The van der Waals surface area contributed by atoms with E-state index in [0.717, 1.165) is 5.70 Å². The molecule has 0 atom stereocenters. The molecule has 1 heterocycles. The molecule has 15 heavy (non-hydrogen) atoms. The van der Waals surface area contributed by atoms with Crippen LogP contribution in [0.5, 0.6) is 0 Å². The molecule has 0 amide bonds. The highest BCUT2D eigenvalue weighted by atomic mass is 15.1. The van der Waals surface area contributed by atoms with Gasteiger partial charge in [0.05, 0.1) is 0 Å². The summed E-state index contributed by atoms with van der Waals surface area (Å²) in [6.45, 7) is 7.46. The number of nitrogens with one attached hydrogen (secondary N) is 1. The second-order valence-corrected chi connectivity index (χ2v) is 2.83. The molecule has 0 radical (unpaired) electrons. The Morgan fingerprint density at radius 2 is 2.27 bits per heavy atom. The second kappa shape index (κ2) is 5.70. The standard InChI is InChI=1S/C11H14N4/c1-4-6-7-10(5-2)15-11-13-8-12-9(3)14-11/h4-8H,2H2,1,3H3,(H,12,13,14,15)/b6-4-,10-7+. The van der Waals surface area contributed by atoms with Gasteiger partial charge in [-0.3, -0.25) is 0 Å². The number of hydrogen-bond acceptors (Lipinski definition) is 4. The molecule has 0 aliphatic heterocycles. The zero-order valence-corrected chi connectivity index (χ0v) is 8.94. The van der Waals surface area contributed by atoms with Gasteiger partial charge >= 0.3 is 0 Å². The van der Waals surface area contributed by atoms with Crippen LogP contribution in [0.2, 0.25) is 0 Å². The maximum atomic E-state index is 4.12. The smallest absolute Gasteiger partial charge is 0.230 e. The van der Waals surface area contributed by atoms with Gasteiger partial charge in [-0.25, -0.2) is 9.97 Å². The quantitative estimate of drug-likeness (QED) is 0.761. The van der Waals surface area contributed by atoms with E-state index < -0.39 is 0 Å². The highest BCUT2D eigenvalue weighted by molar-refractivity contribution is 5.40. The Kier molecular flexibility index (Phi) is 4.22. The zero-order chi connectivity index (χ0) is 11.1. The van der Waals surface area contributed by atoms with E-state index in [9.17, 15) is 0 Å². The Labute approximate surface area is 89.5 Å². The van der Waals surface area contributed by atoms with E-state index in [2.05, 4.69) is 26.8 Å². The van der Waals surface area contributed by atoms with Crippen molar-refractivity contribution < 1.29 is 0 Å². The van der Waals surface area contributed by atoms with E-state index in [0.29, 0.717) is 11.8 Å². The summed E-state index contributed by atoms with van der Waals surface area (Å²) in [5.74, 6) is 1.21. The molecule has 1 aromatic rings. The van der Waals surface area contributed by atoms with Gasteiger partial charge in [-0.05, 0) is 26.0 Å². The van der Waals surface area contributed by atoms with Crippen LogP contribution in [0.4, 0.5) is 5.95 Å². The van der Waals surface area contributed by atoms with Crippen molar-refractivity contribution in [1.82, 2.24) is 15.0 Å². The van der Waals surface area contributed by atoms with Gasteiger partial charge in [-0.15, -0.1) is 0 Å². The molecule has 0 saturated heterocycles. The van der Waals surface area contributed by atoms with E-state index in [1.807, 2.05) is 32.1 Å². The molecule has 1 rings (SSSR count). The molecule has 0 saturated carbocycles. The van der Waals surface area contributed by atoms with Gasteiger partial charge in [-0.1, -0.05) is 18.7 Å². The van der Waals surface area contributed by atoms with Crippen molar-refractivity contribution in [1.29, 1.82) is 0 Å². The van der Waals surface area contributed by atoms with Gasteiger partial charge in [0.25, 0.3) is 0 Å². The first kappa shape index (κ1) is 11.1. The summed E-state index contributed by atoms with van der Waals surface area (Å²) < 4.78 is 0. The minimum Gasteiger partial charge on any atom is -0.324 e. The molecular formula is C11H14N4. The maximum Gasteiger partial charge on any atom is 0.230 e. The molecule has 0 fully saturated rings. The Morgan fingerprint density at radius 1 is 1.47 bits per heavy atom. The Morgan fingerprint density at radius 3 is 2.87 bits per heavy atom. The first-order valence-corrected chi connectivity index (χ1v) is 4.64. The van der Waals surface area contributed by atoms with Crippen LogP contribution in [-0.4, -0.2) is 15.0 Å². The van der Waals surface area contributed by atoms with Crippen LogP contribution in [0.1, 0.15) is 12.7 Å². The molecule has 78 valence electrons. The predicted molar refractivity (Wildman–Crippen MR) is 61.3 cm³/mol. The number of allylic oxidation sites excluding steroid dienone is 4. The molecule has 0 aliphatic carbocycles. The topological polar surface area (TPSA) is 50.7 Å². The lowest BCUT2D eigenvalue weighted by molar-refractivity contribution is 0.978. The third-order valence-corrected chi connectivity index (χ3v) is 1.64. The average Bonchev–Trinajstić information content (AvgIpc) is 2.24. The molecule has 1 aromatic heterocycles. The summed E-state index contributed by atoms with van der Waals surface area (Å²) >= 11 is 0. The number of anilines is 1. The Bertz CT molecular complexity index is 393. The number of aryl methyl sites for hydroxylation is 1. The van der Waals surface area contributed by atoms with Gasteiger partial charge in [-0.2, -0.15) is 4.98 Å². The number of rotatable bonds is 4. The predicted octanol–water partition coefficient (Wildman–Crippen LogP) is 2.24. The number of nitrogens with zero attached hydrogens (tertiary/aromatic N) is 3. The number of aromatic nitrogens is 3. The molecule has 1 N–H and O–H groups in total. The SMILES string of the molecule is C=C/C(=C\C=C/C)Nc1ncnc(C)n1. The van der Waals surface area contributed by atoms with Crippen LogP contribution in [0, 0.1) is 6.92 Å². The van der Waals surface area contributed by atoms with E-state index >= 15 is 0 Å². The average molecular weight is 202 g/mol. The minimum absolute atomic E-state index is 0.526. The normalized spacial score (nSPS) is 11.7. The van der Waals surface area contributed by atoms with E-state index in [1.54, 1.807) is 6.08 Å². The van der Waals surface area contributed by atoms with E-state index in [4.69, 9.17) is 0 Å². The highest BCUT2D eigenvalue weighted by Gasteiger charge is 1.96. The molecule has 0 bridgehead atoms. The fourth-order valence-electron chi connectivity index (χ4n) is 0.928. The highest BCUT2D eigenvalue weighted by Crippen LogP contribution is 2.03. The lowest BCUT2D eigenvalue weighted by Gasteiger charge is -2.03. The van der Waals surface area contributed by atoms with Crippen LogP contribution >= 0.6 is 0 Å². The summed E-state index contributed by atoms with van der Waals surface area (Å²) in [6.07, 6.45) is 8.92. The third kappa shape index (κ3) is 3.72. The van der Waals surface area contributed by atoms with Crippen molar-refractivity contribution in [2.45, 2.75) is 13.8 Å². The monoisotopic (exact) mass is 202 g/mol. The van der Waals surface area contributed by atoms with Gasteiger partial charge in [0.2, 0.25) is 5.95 Å². The van der Waals surface area contributed by atoms with Gasteiger partial charge in [0, 0.05) is 5.70 Å². The summed E-state index contributed by atoms with van der Waals surface area (Å²) in [7, 11) is 0. The van der Waals surface area contributed by atoms with Crippen molar-refractivity contribution >= 4 is 5.95 Å². The van der Waals surface area contributed by atoms with Crippen LogP contribution in [0.3, 0.4) is 0 Å². The lowest BCUT2D eigenvalue weighted by Crippen LogP contribution is -2.03. The summed E-state index contributed by atoms with van der Waals surface area (Å²) in [5, 5.41) is 3.03. The molecule has 0 aliphatic rings. The summed E-state index contributed by atoms with van der Waals surface area (Å²) in [5.41, 5.74) is 0.846. The third-order valence-electron chi connectivity index (χ3n) is 1.64. The molecule has 4 heteroatoms. The van der Waals surface area contributed by atoms with Crippen LogP contribution in [0.25, 0.3) is 0 Å². The van der Waals surface area contributed by atoms with Crippen LogP contribution in [0.15, 0.2) is 42.9 Å². The molecule has 0 spiro atoms. The molecular weight excluding hydrogens is 188 g/mol. The molecule has 0 unspecified atom stereocenters. The first-order valence-electron chi connectivity index (χ1n) is 4.64. The minimum atomic E-state index is 0.526. The van der Waals surface area contributed by atoms with Crippen LogP contribution in [-0.2, 0) is 0 Å². The van der Waals surface area contributed by atoms with Crippen molar-refractivity contribution in [2.75, 3.05) is 5.32 Å². The second-order valence-electron chi connectivity index (χ2n) is 2.83.